The molecule has 1 fully saturated rings. The lowest BCUT2D eigenvalue weighted by Crippen LogP contribution is -2.49. The number of rotatable bonds is 5. The lowest BCUT2D eigenvalue weighted by atomic mass is 9.96. The molecule has 1 unspecified atom stereocenters. The summed E-state index contributed by atoms with van der Waals surface area (Å²) < 4.78 is 13.1. The second-order valence-electron chi connectivity index (χ2n) is 5.95. The van der Waals surface area contributed by atoms with E-state index in [2.05, 4.69) is 0 Å². The van der Waals surface area contributed by atoms with Crippen LogP contribution in [0.5, 0.6) is 0 Å². The van der Waals surface area contributed by atoms with Gasteiger partial charge in [0.2, 0.25) is 5.91 Å². The third-order valence-electron chi connectivity index (χ3n) is 4.25. The van der Waals surface area contributed by atoms with E-state index in [1.165, 1.54) is 17.0 Å². The van der Waals surface area contributed by atoms with Crippen molar-refractivity contribution in [1.29, 1.82) is 0 Å². The number of benzene rings is 1. The zero-order valence-corrected chi connectivity index (χ0v) is 12.8. The Morgan fingerprint density at radius 1 is 1.41 bits per heavy atom. The summed E-state index contributed by atoms with van der Waals surface area (Å²) in [5, 5.41) is 9.24. The van der Waals surface area contributed by atoms with Crippen LogP contribution in [0.2, 0.25) is 0 Å². The molecule has 120 valence electrons. The van der Waals surface area contributed by atoms with Gasteiger partial charge in [-0.2, -0.15) is 0 Å². The second kappa shape index (κ2) is 7.38. The number of carboxylic acids is 1. The Balaban J connectivity index is 1.94. The molecule has 1 aliphatic rings. The van der Waals surface area contributed by atoms with E-state index in [9.17, 15) is 19.1 Å². The average molecular weight is 307 g/mol. The van der Waals surface area contributed by atoms with Crippen LogP contribution in [0, 0.1) is 11.7 Å². The van der Waals surface area contributed by atoms with E-state index in [4.69, 9.17) is 0 Å². The van der Waals surface area contributed by atoms with Crippen molar-refractivity contribution in [3.63, 3.8) is 0 Å². The smallest absolute Gasteiger partial charge is 0.326 e. The number of carbonyl (C=O) groups is 2. The molecular formula is C17H22FNO3. The number of piperidine rings is 1. The monoisotopic (exact) mass is 307 g/mol. The fraction of sp³-hybridized carbons (Fsp3) is 0.529. The molecule has 1 heterocycles. The van der Waals surface area contributed by atoms with Gasteiger partial charge in [0.05, 0.1) is 0 Å². The zero-order valence-electron chi connectivity index (χ0n) is 12.8. The Morgan fingerprint density at radius 3 is 2.86 bits per heavy atom. The van der Waals surface area contributed by atoms with E-state index in [0.717, 1.165) is 18.4 Å². The molecule has 1 aliphatic heterocycles. The fourth-order valence-electron chi connectivity index (χ4n) is 2.93. The predicted molar refractivity (Wildman–Crippen MR) is 80.9 cm³/mol. The predicted octanol–water partition coefficient (Wildman–Crippen LogP) is 2.86. The standard InChI is InChI=1S/C17H22FNO3/c1-12(8-9-13-5-4-6-14(18)11-13)16(20)19-10-3-2-7-15(19)17(21)22/h4-6,11-12,15H,2-3,7-10H2,1H3,(H,21,22)/t12?,15-/m1/s1. The van der Waals surface area contributed by atoms with Gasteiger partial charge < -0.3 is 10.0 Å². The molecule has 1 amide bonds. The largest absolute Gasteiger partial charge is 0.480 e. The van der Waals surface area contributed by atoms with Crippen molar-refractivity contribution < 1.29 is 19.1 Å². The molecule has 1 N–H and O–H groups in total. The Morgan fingerprint density at radius 2 is 2.18 bits per heavy atom. The van der Waals surface area contributed by atoms with E-state index >= 15 is 0 Å². The normalized spacial score (nSPS) is 19.7. The number of aryl methyl sites for hydroxylation is 1. The summed E-state index contributed by atoms with van der Waals surface area (Å²) in [5.41, 5.74) is 0.855. The number of aliphatic carboxylic acids is 1. The summed E-state index contributed by atoms with van der Waals surface area (Å²) in [6.07, 6.45) is 3.42. The molecule has 1 aromatic rings. The van der Waals surface area contributed by atoms with Gasteiger partial charge in [-0.3, -0.25) is 4.79 Å². The third kappa shape index (κ3) is 4.06. The Bertz CT molecular complexity index is 546. The molecule has 4 nitrogen and oxygen atoms in total. The van der Waals surface area contributed by atoms with Crippen LogP contribution in [0.25, 0.3) is 0 Å². The van der Waals surface area contributed by atoms with E-state index in [-0.39, 0.29) is 17.6 Å². The van der Waals surface area contributed by atoms with Crippen LogP contribution in [0.15, 0.2) is 24.3 Å². The molecule has 1 saturated heterocycles. The van der Waals surface area contributed by atoms with Crippen LogP contribution in [0.1, 0.15) is 38.2 Å². The molecule has 1 aromatic carbocycles. The van der Waals surface area contributed by atoms with E-state index in [1.54, 1.807) is 6.07 Å². The van der Waals surface area contributed by atoms with Crippen LogP contribution in [0.4, 0.5) is 4.39 Å². The SMILES string of the molecule is CC(CCc1cccc(F)c1)C(=O)N1CCCC[C@@H]1C(=O)O. The number of amides is 1. The minimum atomic E-state index is -0.926. The van der Waals surface area contributed by atoms with Gasteiger partial charge in [-0.25, -0.2) is 9.18 Å². The van der Waals surface area contributed by atoms with Crippen molar-refractivity contribution in [2.24, 2.45) is 5.92 Å². The minimum Gasteiger partial charge on any atom is -0.480 e. The first-order chi connectivity index (χ1) is 10.5. The average Bonchev–Trinajstić information content (AvgIpc) is 2.52. The summed E-state index contributed by atoms with van der Waals surface area (Å²) in [5.74, 6) is -1.57. The van der Waals surface area contributed by atoms with Gasteiger partial charge in [-0.15, -0.1) is 0 Å². The van der Waals surface area contributed by atoms with E-state index in [0.29, 0.717) is 25.8 Å². The Kier molecular flexibility index (Phi) is 5.52. The van der Waals surface area contributed by atoms with Crippen LogP contribution >= 0.6 is 0 Å². The highest BCUT2D eigenvalue weighted by molar-refractivity contribution is 5.85. The van der Waals surface area contributed by atoms with Crippen molar-refractivity contribution in [3.05, 3.63) is 35.6 Å². The van der Waals surface area contributed by atoms with Crippen LogP contribution in [-0.2, 0) is 16.0 Å². The van der Waals surface area contributed by atoms with Gasteiger partial charge in [0.1, 0.15) is 11.9 Å². The topological polar surface area (TPSA) is 57.6 Å². The maximum Gasteiger partial charge on any atom is 0.326 e. The maximum atomic E-state index is 13.1. The van der Waals surface area contributed by atoms with Crippen LogP contribution < -0.4 is 0 Å². The van der Waals surface area contributed by atoms with Crippen LogP contribution in [-0.4, -0.2) is 34.5 Å². The molecule has 0 spiro atoms. The summed E-state index contributed by atoms with van der Waals surface area (Å²) in [6, 6.07) is 5.66. The van der Waals surface area contributed by atoms with Gasteiger partial charge in [0, 0.05) is 12.5 Å². The molecule has 22 heavy (non-hydrogen) atoms. The lowest BCUT2D eigenvalue weighted by molar-refractivity contribution is -0.153. The molecule has 2 rings (SSSR count). The number of hydrogen-bond acceptors (Lipinski definition) is 2. The number of carboxylic acid groups (broad SMARTS) is 1. The summed E-state index contributed by atoms with van der Waals surface area (Å²) in [4.78, 5) is 25.3. The Hall–Kier alpha value is -1.91. The van der Waals surface area contributed by atoms with Crippen molar-refractivity contribution in [2.75, 3.05) is 6.54 Å². The fourth-order valence-corrected chi connectivity index (χ4v) is 2.93. The highest BCUT2D eigenvalue weighted by Crippen LogP contribution is 2.21. The summed E-state index contributed by atoms with van der Waals surface area (Å²) in [7, 11) is 0. The molecule has 5 heteroatoms. The van der Waals surface area contributed by atoms with Gasteiger partial charge in [-0.1, -0.05) is 19.1 Å². The highest BCUT2D eigenvalue weighted by Gasteiger charge is 2.33. The third-order valence-corrected chi connectivity index (χ3v) is 4.25. The summed E-state index contributed by atoms with van der Waals surface area (Å²) >= 11 is 0. The zero-order chi connectivity index (χ0) is 16.1. The van der Waals surface area contributed by atoms with Crippen molar-refractivity contribution >= 4 is 11.9 Å². The molecule has 2 atom stereocenters. The van der Waals surface area contributed by atoms with Crippen molar-refractivity contribution in [2.45, 2.75) is 45.1 Å². The Labute approximate surface area is 129 Å². The van der Waals surface area contributed by atoms with E-state index < -0.39 is 12.0 Å². The van der Waals surface area contributed by atoms with Gasteiger partial charge in [0.25, 0.3) is 0 Å². The van der Waals surface area contributed by atoms with Gasteiger partial charge in [-0.05, 0) is 49.8 Å². The van der Waals surface area contributed by atoms with Gasteiger partial charge in [0.15, 0.2) is 0 Å². The minimum absolute atomic E-state index is 0.108. The maximum absolute atomic E-state index is 13.1. The van der Waals surface area contributed by atoms with Crippen molar-refractivity contribution in [3.8, 4) is 0 Å². The molecule has 0 aliphatic carbocycles. The molecule has 0 aromatic heterocycles. The molecular weight excluding hydrogens is 285 g/mol. The number of carbonyl (C=O) groups excluding carboxylic acids is 1. The number of halogens is 1. The second-order valence-corrected chi connectivity index (χ2v) is 5.95. The quantitative estimate of drug-likeness (QED) is 0.910. The first-order valence-electron chi connectivity index (χ1n) is 7.76. The number of nitrogens with zero attached hydrogens (tertiary/aromatic N) is 1. The van der Waals surface area contributed by atoms with Crippen LogP contribution in [0.3, 0.4) is 0 Å². The molecule has 0 radical (unpaired) electrons. The van der Waals surface area contributed by atoms with E-state index in [1.807, 2.05) is 13.0 Å². The van der Waals surface area contributed by atoms with Gasteiger partial charge >= 0.3 is 5.97 Å². The molecule has 0 saturated carbocycles. The summed E-state index contributed by atoms with van der Waals surface area (Å²) in [6.45, 7) is 2.33. The lowest BCUT2D eigenvalue weighted by Gasteiger charge is -2.34. The molecule has 0 bridgehead atoms. The highest BCUT2D eigenvalue weighted by atomic mass is 19.1. The first-order valence-corrected chi connectivity index (χ1v) is 7.76. The van der Waals surface area contributed by atoms with Crippen molar-refractivity contribution in [1.82, 2.24) is 4.90 Å². The number of hydrogen-bond donors (Lipinski definition) is 1. The first kappa shape index (κ1) is 16.5. The number of likely N-dealkylation sites (tertiary alicyclic amines) is 1.